The summed E-state index contributed by atoms with van der Waals surface area (Å²) in [4.78, 5) is 1.54. The summed E-state index contributed by atoms with van der Waals surface area (Å²) in [5.74, 6) is 0. The van der Waals surface area contributed by atoms with Crippen LogP contribution in [0.4, 0.5) is 0 Å². The number of hydrogen-bond donors (Lipinski definition) is 1. The lowest BCUT2D eigenvalue weighted by Gasteiger charge is -2.37. The fourth-order valence-corrected chi connectivity index (χ4v) is 4.16. The van der Waals surface area contributed by atoms with Crippen LogP contribution in [-0.2, 0) is 6.42 Å². The van der Waals surface area contributed by atoms with Crippen molar-refractivity contribution in [2.75, 3.05) is 6.54 Å². The molecule has 1 atom stereocenters. The average Bonchev–Trinajstić information content (AvgIpc) is 3.00. The van der Waals surface area contributed by atoms with E-state index in [0.717, 1.165) is 6.54 Å². The van der Waals surface area contributed by atoms with Crippen LogP contribution in [0.2, 0.25) is 0 Å². The van der Waals surface area contributed by atoms with Crippen molar-refractivity contribution in [1.82, 2.24) is 5.32 Å². The zero-order valence-corrected chi connectivity index (χ0v) is 12.0. The number of hydrogen-bond acceptors (Lipinski definition) is 2. The molecule has 96 valence electrons. The zero-order valence-electron chi connectivity index (χ0n) is 11.2. The lowest BCUT2D eigenvalue weighted by Crippen LogP contribution is -2.45. The van der Waals surface area contributed by atoms with E-state index in [9.17, 15) is 0 Å². The molecule has 1 aromatic heterocycles. The molecule has 0 aromatic carbocycles. The van der Waals surface area contributed by atoms with Gasteiger partial charge in [0.05, 0.1) is 0 Å². The van der Waals surface area contributed by atoms with E-state index >= 15 is 0 Å². The minimum atomic E-state index is 0.569. The van der Waals surface area contributed by atoms with Crippen molar-refractivity contribution >= 4 is 11.3 Å². The molecule has 1 aromatic rings. The van der Waals surface area contributed by atoms with Gasteiger partial charge in [0, 0.05) is 10.9 Å². The van der Waals surface area contributed by atoms with Gasteiger partial charge in [-0.1, -0.05) is 32.8 Å². The first kappa shape index (κ1) is 13.1. The maximum Gasteiger partial charge on any atom is 0.0171 e. The van der Waals surface area contributed by atoms with E-state index in [4.69, 9.17) is 0 Å². The van der Waals surface area contributed by atoms with Gasteiger partial charge in [0.25, 0.3) is 0 Å². The van der Waals surface area contributed by atoms with E-state index in [-0.39, 0.29) is 0 Å². The highest BCUT2D eigenvalue weighted by atomic mass is 32.1. The summed E-state index contributed by atoms with van der Waals surface area (Å²) >= 11 is 1.91. The Labute approximate surface area is 110 Å². The summed E-state index contributed by atoms with van der Waals surface area (Å²) in [5.41, 5.74) is 0.569. The second kappa shape index (κ2) is 6.01. The first-order chi connectivity index (χ1) is 8.30. The van der Waals surface area contributed by atoms with Crippen molar-refractivity contribution in [1.29, 1.82) is 0 Å². The molecule has 1 saturated carbocycles. The molecule has 1 N–H and O–H groups in total. The van der Waals surface area contributed by atoms with Gasteiger partial charge in [-0.25, -0.2) is 0 Å². The van der Waals surface area contributed by atoms with Crippen LogP contribution in [0.15, 0.2) is 17.5 Å². The van der Waals surface area contributed by atoms with Gasteiger partial charge in [-0.2, -0.15) is 0 Å². The van der Waals surface area contributed by atoms with E-state index in [2.05, 4.69) is 36.7 Å². The van der Waals surface area contributed by atoms with Crippen molar-refractivity contribution in [2.24, 2.45) is 5.41 Å². The number of rotatable bonds is 6. The third-order valence-electron chi connectivity index (χ3n) is 4.48. The summed E-state index contributed by atoms with van der Waals surface area (Å²) in [7, 11) is 0. The van der Waals surface area contributed by atoms with Gasteiger partial charge in [-0.3, -0.25) is 0 Å². The van der Waals surface area contributed by atoms with Gasteiger partial charge in [0.2, 0.25) is 0 Å². The summed E-state index contributed by atoms with van der Waals surface area (Å²) in [6, 6.07) is 5.14. The Morgan fingerprint density at radius 3 is 2.65 bits per heavy atom. The molecule has 1 unspecified atom stereocenters. The molecule has 0 bridgehead atoms. The molecule has 0 aliphatic heterocycles. The van der Waals surface area contributed by atoms with E-state index < -0.39 is 0 Å². The first-order valence-corrected chi connectivity index (χ1v) is 7.94. The summed E-state index contributed by atoms with van der Waals surface area (Å²) < 4.78 is 0. The van der Waals surface area contributed by atoms with Crippen LogP contribution in [0.25, 0.3) is 0 Å². The molecule has 1 nitrogen and oxygen atoms in total. The van der Waals surface area contributed by atoms with Crippen LogP contribution < -0.4 is 5.32 Å². The van der Waals surface area contributed by atoms with E-state index in [1.54, 1.807) is 0 Å². The Hall–Kier alpha value is -0.340. The van der Waals surface area contributed by atoms with Crippen LogP contribution in [0.5, 0.6) is 0 Å². The molecule has 17 heavy (non-hydrogen) atoms. The lowest BCUT2D eigenvalue weighted by molar-refractivity contribution is 0.187. The molecule has 0 saturated heterocycles. The summed E-state index contributed by atoms with van der Waals surface area (Å²) in [6.07, 6.45) is 8.26. The van der Waals surface area contributed by atoms with Gasteiger partial charge < -0.3 is 5.32 Å². The molecule has 2 heteroatoms. The summed E-state index contributed by atoms with van der Waals surface area (Å²) in [5, 5.41) is 5.96. The average molecular weight is 251 g/mol. The second-order valence-electron chi connectivity index (χ2n) is 5.32. The molecular formula is C15H25NS. The molecule has 1 fully saturated rings. The van der Waals surface area contributed by atoms with Crippen LogP contribution in [-0.4, -0.2) is 12.6 Å². The zero-order chi connectivity index (χ0) is 12.1. The van der Waals surface area contributed by atoms with E-state index in [1.807, 2.05) is 11.3 Å². The highest BCUT2D eigenvalue weighted by Crippen LogP contribution is 2.44. The van der Waals surface area contributed by atoms with E-state index in [1.165, 1.54) is 43.4 Å². The highest BCUT2D eigenvalue weighted by molar-refractivity contribution is 7.09. The van der Waals surface area contributed by atoms with Crippen molar-refractivity contribution in [3.63, 3.8) is 0 Å². The van der Waals surface area contributed by atoms with Crippen molar-refractivity contribution in [3.8, 4) is 0 Å². The molecule has 0 amide bonds. The van der Waals surface area contributed by atoms with Gasteiger partial charge in [-0.05, 0) is 49.1 Å². The fraction of sp³-hybridized carbons (Fsp3) is 0.733. The Bertz CT molecular complexity index is 312. The van der Waals surface area contributed by atoms with E-state index in [0.29, 0.717) is 11.5 Å². The predicted octanol–water partition coefficient (Wildman–Crippen LogP) is 4.24. The smallest absolute Gasteiger partial charge is 0.0171 e. The molecule has 1 aliphatic carbocycles. The molecule has 1 aliphatic rings. The Kier molecular flexibility index (Phi) is 4.63. The van der Waals surface area contributed by atoms with Gasteiger partial charge in [-0.15, -0.1) is 11.3 Å². The standard InChI is InChI=1S/C15H25NS/c1-3-15(9-5-6-10-15)14(16-4-2)12-13-8-7-11-17-13/h7-8,11,14,16H,3-6,9-10,12H2,1-2H3. The van der Waals surface area contributed by atoms with Crippen molar-refractivity contribution in [3.05, 3.63) is 22.4 Å². The molecule has 2 rings (SSSR count). The second-order valence-corrected chi connectivity index (χ2v) is 6.35. The molecule has 0 radical (unpaired) electrons. The minimum absolute atomic E-state index is 0.569. The van der Waals surface area contributed by atoms with Gasteiger partial charge >= 0.3 is 0 Å². The monoisotopic (exact) mass is 251 g/mol. The molecular weight excluding hydrogens is 226 g/mol. The number of thiophene rings is 1. The SMILES string of the molecule is CCNC(Cc1cccs1)C1(CC)CCCC1. The van der Waals surface area contributed by atoms with Gasteiger partial charge in [0.15, 0.2) is 0 Å². The third kappa shape index (κ3) is 2.92. The Morgan fingerprint density at radius 1 is 1.35 bits per heavy atom. The van der Waals surface area contributed by atoms with Crippen molar-refractivity contribution in [2.45, 2.75) is 58.4 Å². The predicted molar refractivity (Wildman–Crippen MR) is 76.7 cm³/mol. The number of nitrogens with one attached hydrogen (secondary N) is 1. The molecule has 0 spiro atoms. The normalized spacial score (nSPS) is 20.6. The maximum absolute atomic E-state index is 3.76. The topological polar surface area (TPSA) is 12.0 Å². The lowest BCUT2D eigenvalue weighted by atomic mass is 9.74. The van der Waals surface area contributed by atoms with Crippen LogP contribution in [0.3, 0.4) is 0 Å². The summed E-state index contributed by atoms with van der Waals surface area (Å²) in [6.45, 7) is 5.71. The number of likely N-dealkylation sites (N-methyl/N-ethyl adjacent to an activating group) is 1. The Morgan fingerprint density at radius 2 is 2.12 bits per heavy atom. The third-order valence-corrected chi connectivity index (χ3v) is 5.38. The van der Waals surface area contributed by atoms with Crippen LogP contribution in [0.1, 0.15) is 50.8 Å². The van der Waals surface area contributed by atoms with Gasteiger partial charge in [0.1, 0.15) is 0 Å². The Balaban J connectivity index is 2.09. The minimum Gasteiger partial charge on any atom is -0.313 e. The first-order valence-electron chi connectivity index (χ1n) is 7.06. The van der Waals surface area contributed by atoms with Crippen LogP contribution in [0, 0.1) is 5.41 Å². The quantitative estimate of drug-likeness (QED) is 0.797. The fourth-order valence-electron chi connectivity index (χ4n) is 3.41. The van der Waals surface area contributed by atoms with Crippen molar-refractivity contribution < 1.29 is 0 Å². The maximum atomic E-state index is 3.76. The molecule has 1 heterocycles. The highest BCUT2D eigenvalue weighted by Gasteiger charge is 2.39. The van der Waals surface area contributed by atoms with Crippen LogP contribution >= 0.6 is 11.3 Å². The largest absolute Gasteiger partial charge is 0.313 e.